The normalized spacial score (nSPS) is 26.8. The molecule has 6 heteroatoms. The third-order valence-electron chi connectivity index (χ3n) is 4.68. The minimum atomic E-state index is 0.356. The molecule has 2 aliphatic heterocycles. The van der Waals surface area contributed by atoms with E-state index in [9.17, 15) is 0 Å². The molecule has 21 heavy (non-hydrogen) atoms. The molecule has 0 aliphatic carbocycles. The predicted molar refractivity (Wildman–Crippen MR) is 84.2 cm³/mol. The number of nitrogens with zero attached hydrogens (tertiary/aromatic N) is 4. The van der Waals surface area contributed by atoms with Crippen LogP contribution >= 0.6 is 0 Å². The number of aromatic nitrogens is 2. The molecule has 3 rings (SSSR count). The third-order valence-corrected chi connectivity index (χ3v) is 4.68. The van der Waals surface area contributed by atoms with E-state index in [1.807, 2.05) is 12.4 Å². The van der Waals surface area contributed by atoms with Crippen molar-refractivity contribution in [3.8, 4) is 0 Å². The van der Waals surface area contributed by atoms with E-state index in [2.05, 4.69) is 31.7 Å². The van der Waals surface area contributed by atoms with E-state index in [1.165, 1.54) is 19.4 Å². The molecule has 1 aromatic heterocycles. The van der Waals surface area contributed by atoms with Gasteiger partial charge in [0, 0.05) is 37.4 Å². The topological polar surface area (TPSA) is 71.5 Å². The smallest absolute Gasteiger partial charge is 0.188 e. The number of hydrogen-bond donors (Lipinski definition) is 2. The lowest BCUT2D eigenvalue weighted by atomic mass is 10.1. The number of aliphatic imine (C=N–C) groups is 1. The van der Waals surface area contributed by atoms with Crippen LogP contribution < -0.4 is 11.1 Å². The molecule has 2 aliphatic rings. The molecule has 0 amide bonds. The van der Waals surface area contributed by atoms with Crippen molar-refractivity contribution in [1.82, 2.24) is 19.8 Å². The fourth-order valence-electron chi connectivity index (χ4n) is 3.45. The van der Waals surface area contributed by atoms with Crippen molar-refractivity contribution in [3.05, 3.63) is 18.2 Å². The molecule has 0 saturated carbocycles. The van der Waals surface area contributed by atoms with Crippen molar-refractivity contribution in [1.29, 1.82) is 0 Å². The molecule has 0 spiro atoms. The molecular formula is C15H26N6. The highest BCUT2D eigenvalue weighted by Gasteiger charge is 2.23. The molecule has 2 unspecified atom stereocenters. The molecule has 0 aromatic carbocycles. The average molecular weight is 290 g/mol. The highest BCUT2D eigenvalue weighted by molar-refractivity contribution is 5.78. The van der Waals surface area contributed by atoms with Crippen LogP contribution in [0.5, 0.6) is 0 Å². The Labute approximate surface area is 126 Å². The lowest BCUT2D eigenvalue weighted by molar-refractivity contribution is 0.273. The van der Waals surface area contributed by atoms with Crippen molar-refractivity contribution < 1.29 is 0 Å². The summed E-state index contributed by atoms with van der Waals surface area (Å²) in [4.78, 5) is 11.4. The second-order valence-electron chi connectivity index (χ2n) is 6.02. The lowest BCUT2D eigenvalue weighted by Crippen LogP contribution is -2.44. The maximum Gasteiger partial charge on any atom is 0.188 e. The van der Waals surface area contributed by atoms with Crippen LogP contribution in [-0.4, -0.2) is 52.1 Å². The molecule has 1 aromatic rings. The van der Waals surface area contributed by atoms with E-state index in [1.54, 1.807) is 0 Å². The van der Waals surface area contributed by atoms with E-state index in [0.717, 1.165) is 38.3 Å². The van der Waals surface area contributed by atoms with E-state index in [0.29, 0.717) is 18.0 Å². The molecule has 0 bridgehead atoms. The first kappa shape index (κ1) is 14.4. The average Bonchev–Trinajstić information content (AvgIpc) is 3.13. The lowest BCUT2D eigenvalue weighted by Gasteiger charge is -2.25. The van der Waals surface area contributed by atoms with Gasteiger partial charge in [-0.15, -0.1) is 0 Å². The Hall–Kier alpha value is -1.56. The molecular weight excluding hydrogens is 264 g/mol. The Balaban J connectivity index is 1.50. The minimum absolute atomic E-state index is 0.356. The Kier molecular flexibility index (Phi) is 4.43. The molecule has 3 heterocycles. The van der Waals surface area contributed by atoms with Gasteiger partial charge in [0.25, 0.3) is 0 Å². The first-order valence-electron chi connectivity index (χ1n) is 8.06. The quantitative estimate of drug-likeness (QED) is 0.629. The van der Waals surface area contributed by atoms with Crippen molar-refractivity contribution in [2.75, 3.05) is 19.6 Å². The largest absolute Gasteiger partial charge is 0.370 e. The van der Waals surface area contributed by atoms with Crippen molar-refractivity contribution in [2.24, 2.45) is 10.7 Å². The van der Waals surface area contributed by atoms with Gasteiger partial charge < -0.3 is 15.6 Å². The Bertz CT molecular complexity index is 494. The fraction of sp³-hybridized carbons (Fsp3) is 0.733. The Morgan fingerprint density at radius 3 is 3.24 bits per heavy atom. The van der Waals surface area contributed by atoms with E-state index in [-0.39, 0.29) is 0 Å². The molecule has 1 saturated heterocycles. The van der Waals surface area contributed by atoms with Crippen molar-refractivity contribution >= 4 is 5.96 Å². The summed E-state index contributed by atoms with van der Waals surface area (Å²) in [5, 5.41) is 3.36. The summed E-state index contributed by atoms with van der Waals surface area (Å²) < 4.78 is 2.21. The van der Waals surface area contributed by atoms with Gasteiger partial charge in [-0.2, -0.15) is 0 Å². The molecule has 2 atom stereocenters. The van der Waals surface area contributed by atoms with E-state index >= 15 is 0 Å². The number of imidazole rings is 1. The van der Waals surface area contributed by atoms with Crippen LogP contribution in [-0.2, 0) is 13.0 Å². The standard InChI is InChI=1S/C15H26N6/c1-2-20-7-3-4-13(20)11-18-15(16)19-12-5-8-21-9-6-17-14(21)10-12/h6,9,12-13H,2-5,7-8,10-11H2,1H3,(H3,16,18,19). The zero-order valence-electron chi connectivity index (χ0n) is 12.8. The first-order chi connectivity index (χ1) is 10.3. The highest BCUT2D eigenvalue weighted by Crippen LogP contribution is 2.16. The maximum atomic E-state index is 6.06. The maximum absolute atomic E-state index is 6.06. The zero-order chi connectivity index (χ0) is 14.7. The van der Waals surface area contributed by atoms with Gasteiger partial charge in [-0.3, -0.25) is 9.89 Å². The monoisotopic (exact) mass is 290 g/mol. The second kappa shape index (κ2) is 6.47. The number of nitrogens with two attached hydrogens (primary N) is 1. The van der Waals surface area contributed by atoms with E-state index < -0.39 is 0 Å². The van der Waals surface area contributed by atoms with Crippen molar-refractivity contribution in [2.45, 2.75) is 51.2 Å². The third kappa shape index (κ3) is 3.37. The predicted octanol–water partition coefficient (Wildman–Crippen LogP) is 0.587. The summed E-state index contributed by atoms with van der Waals surface area (Å²) in [6.45, 7) is 6.35. The van der Waals surface area contributed by atoms with Crippen LogP contribution in [0.2, 0.25) is 0 Å². The Morgan fingerprint density at radius 1 is 1.48 bits per heavy atom. The minimum Gasteiger partial charge on any atom is -0.370 e. The van der Waals surface area contributed by atoms with Crippen molar-refractivity contribution in [3.63, 3.8) is 0 Å². The van der Waals surface area contributed by atoms with Gasteiger partial charge >= 0.3 is 0 Å². The van der Waals surface area contributed by atoms with Gasteiger partial charge in [0.15, 0.2) is 5.96 Å². The van der Waals surface area contributed by atoms with Gasteiger partial charge in [0.05, 0.1) is 6.54 Å². The summed E-state index contributed by atoms with van der Waals surface area (Å²) in [5.74, 6) is 1.72. The summed E-state index contributed by atoms with van der Waals surface area (Å²) in [6.07, 6.45) is 8.44. The number of hydrogen-bond acceptors (Lipinski definition) is 3. The van der Waals surface area contributed by atoms with Crippen LogP contribution in [0.1, 0.15) is 32.0 Å². The Morgan fingerprint density at radius 2 is 2.38 bits per heavy atom. The SMILES string of the molecule is CCN1CCCC1CN=C(N)NC1CCn2ccnc2C1. The van der Waals surface area contributed by atoms with Crippen LogP contribution in [0.15, 0.2) is 17.4 Å². The molecule has 116 valence electrons. The molecule has 1 fully saturated rings. The number of aryl methyl sites for hydroxylation is 1. The highest BCUT2D eigenvalue weighted by atomic mass is 15.2. The summed E-state index contributed by atoms with van der Waals surface area (Å²) in [5.41, 5.74) is 6.06. The van der Waals surface area contributed by atoms with Gasteiger partial charge in [0.2, 0.25) is 0 Å². The number of guanidine groups is 1. The second-order valence-corrected chi connectivity index (χ2v) is 6.02. The van der Waals surface area contributed by atoms with Gasteiger partial charge in [-0.05, 0) is 32.4 Å². The first-order valence-corrected chi connectivity index (χ1v) is 8.06. The summed E-state index contributed by atoms with van der Waals surface area (Å²) in [7, 11) is 0. The summed E-state index contributed by atoms with van der Waals surface area (Å²) >= 11 is 0. The van der Waals surface area contributed by atoms with Crippen LogP contribution in [0.25, 0.3) is 0 Å². The molecule has 0 radical (unpaired) electrons. The molecule has 3 N–H and O–H groups in total. The van der Waals surface area contributed by atoms with Crippen LogP contribution in [0, 0.1) is 0 Å². The fourth-order valence-corrected chi connectivity index (χ4v) is 3.45. The molecule has 6 nitrogen and oxygen atoms in total. The number of rotatable bonds is 4. The summed E-state index contributed by atoms with van der Waals surface area (Å²) in [6, 6.07) is 0.926. The van der Waals surface area contributed by atoms with Gasteiger partial charge in [-0.1, -0.05) is 6.92 Å². The van der Waals surface area contributed by atoms with Crippen LogP contribution in [0.4, 0.5) is 0 Å². The van der Waals surface area contributed by atoms with Gasteiger partial charge in [-0.25, -0.2) is 4.98 Å². The van der Waals surface area contributed by atoms with Gasteiger partial charge in [0.1, 0.15) is 5.82 Å². The van der Waals surface area contributed by atoms with Crippen LogP contribution in [0.3, 0.4) is 0 Å². The van der Waals surface area contributed by atoms with E-state index in [4.69, 9.17) is 5.73 Å². The number of fused-ring (bicyclic) bond motifs is 1. The number of nitrogens with one attached hydrogen (secondary N) is 1. The number of likely N-dealkylation sites (N-methyl/N-ethyl adjacent to an activating group) is 1. The number of likely N-dealkylation sites (tertiary alicyclic amines) is 1. The zero-order valence-corrected chi connectivity index (χ0v) is 12.8.